The number of fused-ring (bicyclic) bond motifs is 1. The van der Waals surface area contributed by atoms with Crippen LogP contribution in [0.5, 0.6) is 0 Å². The first-order valence-electron chi connectivity index (χ1n) is 7.31. The van der Waals surface area contributed by atoms with E-state index in [0.29, 0.717) is 30.6 Å². The zero-order valence-electron chi connectivity index (χ0n) is 12.6. The molecule has 0 unspecified atom stereocenters. The molecule has 2 saturated heterocycles. The number of imide groups is 1. The summed E-state index contributed by atoms with van der Waals surface area (Å²) in [4.78, 5) is 39.7. The standard InChI is InChI=1S/C16H15N3O4/c1-23-15(21)12-3-2-8-18-13(12)14(20)19(16(18)22)11-6-4-10(9-17)5-7-11/h4-7,12-13H,2-3,8H2,1H3/t12-,13-/m0/s1. The fourth-order valence-electron chi connectivity index (χ4n) is 3.19. The Hall–Kier alpha value is -2.88. The highest BCUT2D eigenvalue weighted by Gasteiger charge is 2.53. The van der Waals surface area contributed by atoms with E-state index in [2.05, 4.69) is 0 Å². The van der Waals surface area contributed by atoms with Gasteiger partial charge in [-0.1, -0.05) is 0 Å². The lowest BCUT2D eigenvalue weighted by molar-refractivity contribution is -0.150. The molecule has 0 N–H and O–H groups in total. The van der Waals surface area contributed by atoms with Crippen LogP contribution in [0.3, 0.4) is 0 Å². The van der Waals surface area contributed by atoms with Crippen LogP contribution in [0.2, 0.25) is 0 Å². The summed E-state index contributed by atoms with van der Waals surface area (Å²) < 4.78 is 4.77. The molecule has 2 atom stereocenters. The first kappa shape index (κ1) is 15.0. The van der Waals surface area contributed by atoms with Crippen LogP contribution in [-0.4, -0.2) is 42.5 Å². The number of rotatable bonds is 2. The van der Waals surface area contributed by atoms with Gasteiger partial charge in [0.2, 0.25) is 0 Å². The van der Waals surface area contributed by atoms with E-state index < -0.39 is 29.9 Å². The van der Waals surface area contributed by atoms with Gasteiger partial charge in [-0.15, -0.1) is 0 Å². The van der Waals surface area contributed by atoms with Gasteiger partial charge in [0.25, 0.3) is 5.91 Å². The molecule has 3 amide bonds. The van der Waals surface area contributed by atoms with Crippen molar-refractivity contribution in [1.82, 2.24) is 4.90 Å². The molecule has 7 heteroatoms. The second kappa shape index (κ2) is 5.72. The number of anilines is 1. The summed E-state index contributed by atoms with van der Waals surface area (Å²) in [5.41, 5.74) is 0.843. The predicted molar refractivity (Wildman–Crippen MR) is 79.3 cm³/mol. The van der Waals surface area contributed by atoms with Crippen molar-refractivity contribution in [1.29, 1.82) is 5.26 Å². The van der Waals surface area contributed by atoms with Crippen LogP contribution < -0.4 is 4.90 Å². The van der Waals surface area contributed by atoms with E-state index in [1.54, 1.807) is 24.3 Å². The fraction of sp³-hybridized carbons (Fsp3) is 0.375. The lowest BCUT2D eigenvalue weighted by atomic mass is 9.89. The number of carbonyl (C=O) groups excluding carboxylic acids is 3. The van der Waals surface area contributed by atoms with Crippen LogP contribution in [0.15, 0.2) is 24.3 Å². The molecule has 23 heavy (non-hydrogen) atoms. The second-order valence-electron chi connectivity index (χ2n) is 5.53. The molecule has 7 nitrogen and oxygen atoms in total. The molecule has 2 fully saturated rings. The summed E-state index contributed by atoms with van der Waals surface area (Å²) in [5, 5.41) is 8.83. The number of hydrogen-bond acceptors (Lipinski definition) is 5. The number of methoxy groups -OCH3 is 1. The monoisotopic (exact) mass is 313 g/mol. The van der Waals surface area contributed by atoms with E-state index in [0.717, 1.165) is 4.90 Å². The summed E-state index contributed by atoms with van der Waals surface area (Å²) in [6.07, 6.45) is 1.17. The largest absolute Gasteiger partial charge is 0.469 e. The highest BCUT2D eigenvalue weighted by molar-refractivity contribution is 6.22. The summed E-state index contributed by atoms with van der Waals surface area (Å²) in [6.45, 7) is 0.440. The average Bonchev–Trinajstić information content (AvgIpc) is 2.85. The summed E-state index contributed by atoms with van der Waals surface area (Å²) in [6, 6.07) is 6.95. The number of carbonyl (C=O) groups is 3. The van der Waals surface area contributed by atoms with Gasteiger partial charge in [0.1, 0.15) is 6.04 Å². The Morgan fingerprint density at radius 2 is 2.00 bits per heavy atom. The quantitative estimate of drug-likeness (QED) is 0.606. The minimum absolute atomic E-state index is 0.400. The van der Waals surface area contributed by atoms with Crippen LogP contribution in [-0.2, 0) is 14.3 Å². The SMILES string of the molecule is COC(=O)[C@H]1CCCN2C(=O)N(c3ccc(C#N)cc3)C(=O)[C@H]12. The Morgan fingerprint density at radius 3 is 2.61 bits per heavy atom. The zero-order valence-corrected chi connectivity index (χ0v) is 12.6. The first-order chi connectivity index (χ1) is 11.1. The normalized spacial score (nSPS) is 23.5. The van der Waals surface area contributed by atoms with Crippen molar-refractivity contribution in [2.75, 3.05) is 18.6 Å². The molecule has 3 rings (SSSR count). The van der Waals surface area contributed by atoms with Crippen LogP contribution in [0.4, 0.5) is 10.5 Å². The number of esters is 1. The summed E-state index contributed by atoms with van der Waals surface area (Å²) >= 11 is 0. The van der Waals surface area contributed by atoms with Crippen LogP contribution in [0, 0.1) is 17.2 Å². The predicted octanol–water partition coefficient (Wildman–Crippen LogP) is 1.28. The Labute approximate surface area is 133 Å². The first-order valence-corrected chi connectivity index (χ1v) is 7.31. The number of nitriles is 1. The lowest BCUT2D eigenvalue weighted by Gasteiger charge is -2.31. The van der Waals surface area contributed by atoms with Crippen LogP contribution in [0.25, 0.3) is 0 Å². The van der Waals surface area contributed by atoms with Crippen molar-refractivity contribution in [3.05, 3.63) is 29.8 Å². The van der Waals surface area contributed by atoms with Gasteiger partial charge in [0, 0.05) is 6.54 Å². The molecular formula is C16H15N3O4. The van der Waals surface area contributed by atoms with Crippen LogP contribution in [0.1, 0.15) is 18.4 Å². The van der Waals surface area contributed by atoms with Crippen molar-refractivity contribution in [3.63, 3.8) is 0 Å². The molecule has 2 aliphatic heterocycles. The number of hydrogen-bond donors (Lipinski definition) is 0. The molecule has 2 heterocycles. The third-order valence-corrected chi connectivity index (χ3v) is 4.30. The van der Waals surface area contributed by atoms with E-state index >= 15 is 0 Å². The lowest BCUT2D eigenvalue weighted by Crippen LogP contribution is -2.48. The molecule has 0 aromatic heterocycles. The molecule has 2 aliphatic rings. The van der Waals surface area contributed by atoms with Gasteiger partial charge in [-0.25, -0.2) is 9.69 Å². The van der Waals surface area contributed by atoms with Gasteiger partial charge in [-0.05, 0) is 37.1 Å². The van der Waals surface area contributed by atoms with Crippen molar-refractivity contribution >= 4 is 23.6 Å². The molecule has 0 radical (unpaired) electrons. The Balaban J connectivity index is 1.95. The number of benzene rings is 1. The molecule has 1 aromatic rings. The van der Waals surface area contributed by atoms with Gasteiger partial charge >= 0.3 is 12.0 Å². The summed E-state index contributed by atoms with van der Waals surface area (Å²) in [5.74, 6) is -1.52. The highest BCUT2D eigenvalue weighted by atomic mass is 16.5. The van der Waals surface area contributed by atoms with E-state index in [1.165, 1.54) is 12.0 Å². The van der Waals surface area contributed by atoms with Gasteiger partial charge < -0.3 is 9.64 Å². The molecule has 0 aliphatic carbocycles. The molecule has 0 saturated carbocycles. The fourth-order valence-corrected chi connectivity index (χ4v) is 3.19. The summed E-state index contributed by atoms with van der Waals surface area (Å²) in [7, 11) is 1.28. The van der Waals surface area contributed by atoms with E-state index in [9.17, 15) is 14.4 Å². The van der Waals surface area contributed by atoms with Gasteiger partial charge in [-0.3, -0.25) is 9.59 Å². The smallest absolute Gasteiger partial charge is 0.332 e. The second-order valence-corrected chi connectivity index (χ2v) is 5.53. The third-order valence-electron chi connectivity index (χ3n) is 4.30. The van der Waals surface area contributed by atoms with Gasteiger partial charge in [-0.2, -0.15) is 5.26 Å². The maximum atomic E-state index is 12.7. The number of ether oxygens (including phenoxy) is 1. The van der Waals surface area contributed by atoms with Crippen molar-refractivity contribution in [3.8, 4) is 6.07 Å². The molecule has 0 spiro atoms. The van der Waals surface area contributed by atoms with Gasteiger partial charge in [0.15, 0.2) is 0 Å². The zero-order chi connectivity index (χ0) is 16.6. The maximum absolute atomic E-state index is 12.7. The molecule has 0 bridgehead atoms. The van der Waals surface area contributed by atoms with Crippen LogP contribution >= 0.6 is 0 Å². The van der Waals surface area contributed by atoms with E-state index in [1.807, 2.05) is 6.07 Å². The van der Waals surface area contributed by atoms with E-state index in [4.69, 9.17) is 10.00 Å². The number of amides is 3. The Kier molecular flexibility index (Phi) is 3.74. The number of nitrogens with zero attached hydrogens (tertiary/aromatic N) is 3. The van der Waals surface area contributed by atoms with Gasteiger partial charge in [0.05, 0.1) is 30.3 Å². The van der Waals surface area contributed by atoms with Crippen molar-refractivity contribution < 1.29 is 19.1 Å². The third kappa shape index (κ3) is 2.32. The molecule has 1 aromatic carbocycles. The van der Waals surface area contributed by atoms with E-state index in [-0.39, 0.29) is 0 Å². The number of piperidine rings is 1. The minimum atomic E-state index is -0.806. The average molecular weight is 313 g/mol. The Bertz CT molecular complexity index is 707. The minimum Gasteiger partial charge on any atom is -0.469 e. The Morgan fingerprint density at radius 1 is 1.30 bits per heavy atom. The topological polar surface area (TPSA) is 90.7 Å². The number of urea groups is 1. The van der Waals surface area contributed by atoms with Crippen molar-refractivity contribution in [2.45, 2.75) is 18.9 Å². The molecule has 118 valence electrons. The van der Waals surface area contributed by atoms with Crippen molar-refractivity contribution in [2.24, 2.45) is 5.92 Å². The highest BCUT2D eigenvalue weighted by Crippen LogP contribution is 2.34. The maximum Gasteiger partial charge on any atom is 0.332 e. The molecular weight excluding hydrogens is 298 g/mol.